The summed E-state index contributed by atoms with van der Waals surface area (Å²) in [4.78, 5) is 25.9. The van der Waals surface area contributed by atoms with E-state index in [1.54, 1.807) is 29.9 Å². The van der Waals surface area contributed by atoms with Crippen molar-refractivity contribution in [3.63, 3.8) is 0 Å². The maximum absolute atomic E-state index is 12.2. The topological polar surface area (TPSA) is 119 Å². The zero-order chi connectivity index (χ0) is 27.7. The number of amides is 1. The molecule has 12 heteroatoms. The Morgan fingerprint density at radius 1 is 1.10 bits per heavy atom. The molecule has 210 valence electrons. The summed E-state index contributed by atoms with van der Waals surface area (Å²) in [5.74, 6) is 2.99. The number of nitrogens with one attached hydrogen (secondary N) is 1. The van der Waals surface area contributed by atoms with E-state index in [4.69, 9.17) is 33.7 Å². The predicted molar refractivity (Wildman–Crippen MR) is 146 cm³/mol. The van der Waals surface area contributed by atoms with E-state index in [1.807, 2.05) is 43.6 Å². The molecule has 2 aliphatic rings. The van der Waals surface area contributed by atoms with Crippen LogP contribution in [0.25, 0.3) is 17.2 Å². The van der Waals surface area contributed by atoms with E-state index in [0.717, 1.165) is 49.1 Å². The Balaban J connectivity index is 1.24. The Kier molecular flexibility index (Phi) is 6.93. The number of piperidine rings is 1. The molecule has 0 radical (unpaired) electrons. The van der Waals surface area contributed by atoms with Crippen LogP contribution in [0.5, 0.6) is 11.5 Å². The number of likely N-dealkylation sites (tertiary alicyclic amines) is 1. The van der Waals surface area contributed by atoms with Gasteiger partial charge in [-0.15, -0.1) is 5.10 Å². The van der Waals surface area contributed by atoms with Gasteiger partial charge in [-0.1, -0.05) is 6.07 Å². The molecule has 1 N–H and O–H groups in total. The number of rotatable bonds is 8. The number of carbonyl (C=O) groups is 1. The lowest BCUT2D eigenvalue weighted by molar-refractivity contribution is -0.0243. The molecule has 0 saturated carbocycles. The molecule has 0 unspecified atom stereocenters. The van der Waals surface area contributed by atoms with Crippen molar-refractivity contribution in [1.29, 1.82) is 0 Å². The van der Waals surface area contributed by atoms with Gasteiger partial charge < -0.3 is 28.8 Å². The smallest absolute Gasteiger partial charge is 0.409 e. The zero-order valence-electron chi connectivity index (χ0n) is 22.9. The number of anilines is 1. The average molecular weight is 548 g/mol. The number of furan rings is 1. The third kappa shape index (κ3) is 4.79. The summed E-state index contributed by atoms with van der Waals surface area (Å²) < 4.78 is 23.3. The quantitative estimate of drug-likeness (QED) is 0.349. The van der Waals surface area contributed by atoms with Gasteiger partial charge in [0.15, 0.2) is 22.9 Å². The van der Waals surface area contributed by atoms with Gasteiger partial charge in [-0.25, -0.2) is 14.8 Å². The average Bonchev–Trinajstić information content (AvgIpc) is 3.67. The lowest BCUT2D eigenvalue weighted by Crippen LogP contribution is -2.58. The molecule has 0 bridgehead atoms. The largest absolute Gasteiger partial charge is 0.493 e. The number of hydrogen-bond donors (Lipinski definition) is 1. The maximum Gasteiger partial charge on any atom is 0.409 e. The highest BCUT2D eigenvalue weighted by Crippen LogP contribution is 2.35. The summed E-state index contributed by atoms with van der Waals surface area (Å²) >= 11 is 0. The summed E-state index contributed by atoms with van der Waals surface area (Å²) in [6, 6.07) is 9.44. The van der Waals surface area contributed by atoms with Crippen molar-refractivity contribution < 1.29 is 23.4 Å². The van der Waals surface area contributed by atoms with E-state index in [1.165, 1.54) is 0 Å². The molecular weight excluding hydrogens is 514 g/mol. The van der Waals surface area contributed by atoms with Crippen LogP contribution in [0.1, 0.15) is 30.4 Å². The van der Waals surface area contributed by atoms with Crippen molar-refractivity contribution in [2.75, 3.05) is 46.3 Å². The van der Waals surface area contributed by atoms with Gasteiger partial charge in [0.25, 0.3) is 0 Å². The molecule has 5 heterocycles. The van der Waals surface area contributed by atoms with Crippen molar-refractivity contribution in [2.24, 2.45) is 0 Å². The molecule has 12 nitrogen and oxygen atoms in total. The number of fused-ring (bicyclic) bond motifs is 1. The Bertz CT molecular complexity index is 1490. The summed E-state index contributed by atoms with van der Waals surface area (Å²) in [7, 11) is 5.09. The van der Waals surface area contributed by atoms with E-state index in [0.29, 0.717) is 48.7 Å². The lowest BCUT2D eigenvalue weighted by Gasteiger charge is -2.49. The molecule has 0 aliphatic carbocycles. The molecule has 2 saturated heterocycles. The summed E-state index contributed by atoms with van der Waals surface area (Å²) in [6.07, 6.45) is 5.91. The van der Waals surface area contributed by atoms with Crippen molar-refractivity contribution >= 4 is 17.7 Å². The van der Waals surface area contributed by atoms with Crippen molar-refractivity contribution in [1.82, 2.24) is 29.4 Å². The molecular formula is C28H33N7O5. The van der Waals surface area contributed by atoms with E-state index >= 15 is 0 Å². The van der Waals surface area contributed by atoms with Crippen LogP contribution in [0.4, 0.5) is 10.7 Å². The third-order valence-corrected chi connectivity index (χ3v) is 8.04. The van der Waals surface area contributed by atoms with Gasteiger partial charge in [0.05, 0.1) is 32.6 Å². The van der Waals surface area contributed by atoms with E-state index in [-0.39, 0.29) is 11.6 Å². The lowest BCUT2D eigenvalue weighted by atomic mass is 9.82. The number of nitrogens with zero attached hydrogens (tertiary/aromatic N) is 6. The minimum atomic E-state index is -0.226. The summed E-state index contributed by atoms with van der Waals surface area (Å²) in [6.45, 7) is 3.39. The predicted octanol–water partition coefficient (Wildman–Crippen LogP) is 3.82. The first-order chi connectivity index (χ1) is 19.5. The van der Waals surface area contributed by atoms with Gasteiger partial charge >= 0.3 is 6.09 Å². The zero-order valence-corrected chi connectivity index (χ0v) is 22.9. The molecule has 0 atom stereocenters. The highest BCUT2D eigenvalue weighted by molar-refractivity contribution is 5.69. The number of aromatic nitrogens is 4. The van der Waals surface area contributed by atoms with Gasteiger partial charge in [0, 0.05) is 51.4 Å². The molecule has 6 rings (SSSR count). The van der Waals surface area contributed by atoms with Gasteiger partial charge in [-0.2, -0.15) is 4.52 Å². The number of methoxy groups -OCH3 is 2. The second-order valence-electron chi connectivity index (χ2n) is 10.2. The number of benzene rings is 1. The fraction of sp³-hybridized carbons (Fsp3) is 0.429. The Labute approximate surface area is 231 Å². The first-order valence-corrected chi connectivity index (χ1v) is 13.4. The van der Waals surface area contributed by atoms with Crippen LogP contribution in [0, 0.1) is 0 Å². The fourth-order valence-electron chi connectivity index (χ4n) is 5.57. The van der Waals surface area contributed by atoms with Gasteiger partial charge in [-0.05, 0) is 42.7 Å². The number of ether oxygens (including phenoxy) is 3. The summed E-state index contributed by atoms with van der Waals surface area (Å²) in [5, 5.41) is 8.12. The Hall–Kier alpha value is -4.32. The second kappa shape index (κ2) is 10.7. The molecule has 2 fully saturated rings. The van der Waals surface area contributed by atoms with Crippen LogP contribution in [-0.4, -0.2) is 82.0 Å². The highest BCUT2D eigenvalue weighted by Gasteiger charge is 2.43. The van der Waals surface area contributed by atoms with Crippen LogP contribution in [-0.2, 0) is 17.8 Å². The standard InChI is InChI=1S/C28H33N7O5/c1-33-27(36)40-14-10-28(33)8-11-34(12-9-28)18-20-17-30-26(29-16-19-6-7-21(37-2)23(15-19)38-3)35-25(20)31-24(32-35)22-5-4-13-39-22/h4-7,13,15,17H,8-12,14,16,18H2,1-3H3,(H,29,30). The van der Waals surface area contributed by atoms with E-state index in [2.05, 4.69) is 10.2 Å². The van der Waals surface area contributed by atoms with E-state index in [9.17, 15) is 4.79 Å². The number of hydrogen-bond acceptors (Lipinski definition) is 10. The maximum atomic E-state index is 12.2. The minimum absolute atomic E-state index is 0.126. The second-order valence-corrected chi connectivity index (χ2v) is 10.2. The summed E-state index contributed by atoms with van der Waals surface area (Å²) in [5.41, 5.74) is 2.56. The first-order valence-electron chi connectivity index (χ1n) is 13.4. The SMILES string of the molecule is COc1ccc(CNc2ncc(CN3CCC4(CCOC(=O)N4C)CC3)c3nc(-c4ccco4)nn23)cc1OC. The van der Waals surface area contributed by atoms with Crippen molar-refractivity contribution in [2.45, 2.75) is 37.9 Å². The number of carbonyl (C=O) groups excluding carboxylic acids is 1. The monoisotopic (exact) mass is 547 g/mol. The molecule has 1 amide bonds. The van der Waals surface area contributed by atoms with Crippen molar-refractivity contribution in [3.8, 4) is 23.1 Å². The van der Waals surface area contributed by atoms with Crippen LogP contribution in [0.2, 0.25) is 0 Å². The highest BCUT2D eigenvalue weighted by atomic mass is 16.6. The van der Waals surface area contributed by atoms with Crippen LogP contribution < -0.4 is 14.8 Å². The Morgan fingerprint density at radius 3 is 2.67 bits per heavy atom. The van der Waals surface area contributed by atoms with Gasteiger partial charge in [-0.3, -0.25) is 4.90 Å². The molecule has 3 aromatic heterocycles. The molecule has 1 aromatic carbocycles. The van der Waals surface area contributed by atoms with Gasteiger partial charge in [0.1, 0.15) is 0 Å². The van der Waals surface area contributed by atoms with Crippen LogP contribution in [0.15, 0.2) is 47.2 Å². The normalized spacial score (nSPS) is 17.3. The molecule has 40 heavy (non-hydrogen) atoms. The Morgan fingerprint density at radius 2 is 1.93 bits per heavy atom. The van der Waals surface area contributed by atoms with Crippen LogP contribution >= 0.6 is 0 Å². The minimum Gasteiger partial charge on any atom is -0.493 e. The fourth-order valence-corrected chi connectivity index (χ4v) is 5.57. The van der Waals surface area contributed by atoms with Crippen molar-refractivity contribution in [3.05, 3.63) is 53.9 Å². The van der Waals surface area contributed by atoms with Crippen LogP contribution in [0.3, 0.4) is 0 Å². The first kappa shape index (κ1) is 25.9. The third-order valence-electron chi connectivity index (χ3n) is 8.04. The molecule has 2 aliphatic heterocycles. The molecule has 4 aromatic rings. The number of cyclic esters (lactones) is 1. The van der Waals surface area contributed by atoms with Gasteiger partial charge in [0.2, 0.25) is 11.8 Å². The van der Waals surface area contributed by atoms with E-state index < -0.39 is 0 Å². The molecule has 1 spiro atoms.